The highest BCUT2D eigenvalue weighted by molar-refractivity contribution is 4.81. The lowest BCUT2D eigenvalue weighted by Crippen LogP contribution is -2.35. The molecule has 0 bridgehead atoms. The Bertz CT molecular complexity index is 201. The molecule has 0 heterocycles. The zero-order chi connectivity index (χ0) is 13.5. The molecule has 0 saturated carbocycles. The van der Waals surface area contributed by atoms with E-state index in [4.69, 9.17) is 0 Å². The average Bonchev–Trinajstić information content (AvgIpc) is 2.22. The van der Waals surface area contributed by atoms with Gasteiger partial charge in [-0.05, 0) is 18.8 Å². The number of rotatable bonds is 8. The Kier molecular flexibility index (Phi) is 7.04. The number of aliphatic hydroxyl groups is 2. The lowest BCUT2D eigenvalue weighted by atomic mass is 9.75. The number of hydrogen-bond acceptors (Lipinski definition) is 3. The number of halogens is 3. The molecule has 0 spiro atoms. The second kappa shape index (κ2) is 7.18. The van der Waals surface area contributed by atoms with Crippen molar-refractivity contribution in [1.29, 1.82) is 0 Å². The second-order valence-electron chi connectivity index (χ2n) is 4.60. The Morgan fingerprint density at radius 2 is 1.65 bits per heavy atom. The Labute approximate surface area is 99.6 Å². The SMILES string of the molecule is CC(C)C(CO)(CO)CCCOCC(F)(F)F. The predicted molar refractivity (Wildman–Crippen MR) is 57.6 cm³/mol. The highest BCUT2D eigenvalue weighted by atomic mass is 19.4. The van der Waals surface area contributed by atoms with Gasteiger partial charge in [0.1, 0.15) is 6.61 Å². The standard InChI is InChI=1S/C11H21F3O3/c1-9(2)10(6-15,7-16)4-3-5-17-8-11(12,13)14/h9,15-16H,3-8H2,1-2H3. The van der Waals surface area contributed by atoms with Gasteiger partial charge in [-0.15, -0.1) is 0 Å². The molecule has 0 rings (SSSR count). The van der Waals surface area contributed by atoms with Crippen LogP contribution in [0.15, 0.2) is 0 Å². The molecule has 0 aromatic rings. The molecule has 0 aliphatic rings. The molecule has 0 fully saturated rings. The van der Waals surface area contributed by atoms with Gasteiger partial charge >= 0.3 is 6.18 Å². The summed E-state index contributed by atoms with van der Waals surface area (Å²) < 4.78 is 39.8. The van der Waals surface area contributed by atoms with E-state index < -0.39 is 18.2 Å². The van der Waals surface area contributed by atoms with Crippen LogP contribution in [-0.4, -0.2) is 42.8 Å². The van der Waals surface area contributed by atoms with E-state index in [2.05, 4.69) is 4.74 Å². The van der Waals surface area contributed by atoms with Crippen LogP contribution in [0.4, 0.5) is 13.2 Å². The van der Waals surface area contributed by atoms with Crippen molar-refractivity contribution in [2.75, 3.05) is 26.4 Å². The molecule has 0 aliphatic heterocycles. The van der Waals surface area contributed by atoms with Gasteiger partial charge in [-0.1, -0.05) is 13.8 Å². The number of ether oxygens (including phenoxy) is 1. The van der Waals surface area contributed by atoms with Crippen LogP contribution < -0.4 is 0 Å². The third-order valence-corrected chi connectivity index (χ3v) is 3.08. The van der Waals surface area contributed by atoms with Crippen LogP contribution in [0.1, 0.15) is 26.7 Å². The molecule has 0 saturated heterocycles. The van der Waals surface area contributed by atoms with Crippen molar-refractivity contribution < 1.29 is 28.1 Å². The van der Waals surface area contributed by atoms with Crippen molar-refractivity contribution in [2.24, 2.45) is 11.3 Å². The first-order chi connectivity index (χ1) is 7.77. The summed E-state index contributed by atoms with van der Waals surface area (Å²) >= 11 is 0. The average molecular weight is 258 g/mol. The minimum Gasteiger partial charge on any atom is -0.396 e. The van der Waals surface area contributed by atoms with Gasteiger partial charge < -0.3 is 14.9 Å². The third kappa shape index (κ3) is 6.24. The highest BCUT2D eigenvalue weighted by Gasteiger charge is 2.32. The fourth-order valence-electron chi connectivity index (χ4n) is 1.58. The molecule has 17 heavy (non-hydrogen) atoms. The first-order valence-corrected chi connectivity index (χ1v) is 5.63. The summed E-state index contributed by atoms with van der Waals surface area (Å²) in [4.78, 5) is 0. The van der Waals surface area contributed by atoms with Crippen LogP contribution in [0.3, 0.4) is 0 Å². The van der Waals surface area contributed by atoms with Gasteiger partial charge in [0.05, 0.1) is 13.2 Å². The van der Waals surface area contributed by atoms with E-state index in [9.17, 15) is 23.4 Å². The van der Waals surface area contributed by atoms with Crippen LogP contribution in [0.25, 0.3) is 0 Å². The second-order valence-corrected chi connectivity index (χ2v) is 4.60. The summed E-state index contributed by atoms with van der Waals surface area (Å²) in [7, 11) is 0. The molecule has 0 unspecified atom stereocenters. The van der Waals surface area contributed by atoms with E-state index >= 15 is 0 Å². The molecule has 0 radical (unpaired) electrons. The normalized spacial score (nSPS) is 13.4. The van der Waals surface area contributed by atoms with Crippen LogP contribution in [0, 0.1) is 11.3 Å². The quantitative estimate of drug-likeness (QED) is 0.654. The molecule has 2 N–H and O–H groups in total. The molecule has 104 valence electrons. The summed E-state index contributed by atoms with van der Waals surface area (Å²) in [6.45, 7) is 2.10. The Morgan fingerprint density at radius 3 is 2.00 bits per heavy atom. The first kappa shape index (κ1) is 16.7. The van der Waals surface area contributed by atoms with Gasteiger partial charge in [-0.3, -0.25) is 0 Å². The maximum Gasteiger partial charge on any atom is 0.411 e. The molecular formula is C11H21F3O3. The van der Waals surface area contributed by atoms with Gasteiger partial charge in [0.15, 0.2) is 0 Å². The summed E-state index contributed by atoms with van der Waals surface area (Å²) in [6, 6.07) is 0. The van der Waals surface area contributed by atoms with Gasteiger partial charge in [-0.25, -0.2) is 0 Å². The van der Waals surface area contributed by atoms with Gasteiger partial charge in [0, 0.05) is 12.0 Å². The van der Waals surface area contributed by atoms with Crippen molar-refractivity contribution in [3.63, 3.8) is 0 Å². The maximum absolute atomic E-state index is 11.8. The summed E-state index contributed by atoms with van der Waals surface area (Å²) in [5.41, 5.74) is -0.637. The minimum atomic E-state index is -4.30. The molecule has 0 amide bonds. The Morgan fingerprint density at radius 1 is 1.12 bits per heavy atom. The van der Waals surface area contributed by atoms with E-state index in [1.54, 1.807) is 0 Å². The Balaban J connectivity index is 3.92. The van der Waals surface area contributed by atoms with Crippen molar-refractivity contribution in [2.45, 2.75) is 32.9 Å². The van der Waals surface area contributed by atoms with Crippen molar-refractivity contribution in [3.05, 3.63) is 0 Å². The fourth-order valence-corrected chi connectivity index (χ4v) is 1.58. The van der Waals surface area contributed by atoms with Crippen LogP contribution in [0.2, 0.25) is 0 Å². The lowest BCUT2D eigenvalue weighted by Gasteiger charge is -2.34. The number of alkyl halides is 3. The summed E-state index contributed by atoms with van der Waals surface area (Å²) in [5, 5.41) is 18.5. The van der Waals surface area contributed by atoms with Crippen LogP contribution in [0.5, 0.6) is 0 Å². The molecule has 0 aromatic carbocycles. The van der Waals surface area contributed by atoms with E-state index in [-0.39, 0.29) is 25.7 Å². The molecule has 3 nitrogen and oxygen atoms in total. The molecule has 6 heteroatoms. The number of hydrogen-bond donors (Lipinski definition) is 2. The number of aliphatic hydroxyl groups excluding tert-OH is 2. The van der Waals surface area contributed by atoms with Crippen molar-refractivity contribution in [1.82, 2.24) is 0 Å². The van der Waals surface area contributed by atoms with Crippen LogP contribution >= 0.6 is 0 Å². The largest absolute Gasteiger partial charge is 0.411 e. The minimum absolute atomic E-state index is 0.0199. The fraction of sp³-hybridized carbons (Fsp3) is 1.00. The third-order valence-electron chi connectivity index (χ3n) is 3.08. The van der Waals surface area contributed by atoms with Gasteiger partial charge in [0.2, 0.25) is 0 Å². The Hall–Kier alpha value is -0.330. The molecule has 0 aliphatic carbocycles. The van der Waals surface area contributed by atoms with Crippen LogP contribution in [-0.2, 0) is 4.74 Å². The summed E-state index contributed by atoms with van der Waals surface area (Å²) in [6.07, 6.45) is -3.48. The molecular weight excluding hydrogens is 237 g/mol. The lowest BCUT2D eigenvalue weighted by molar-refractivity contribution is -0.174. The zero-order valence-corrected chi connectivity index (χ0v) is 10.3. The van der Waals surface area contributed by atoms with E-state index in [0.717, 1.165) is 0 Å². The first-order valence-electron chi connectivity index (χ1n) is 5.63. The highest BCUT2D eigenvalue weighted by Crippen LogP contribution is 2.31. The monoisotopic (exact) mass is 258 g/mol. The van der Waals surface area contributed by atoms with E-state index in [0.29, 0.717) is 12.8 Å². The molecule has 0 aromatic heterocycles. The summed E-state index contributed by atoms with van der Waals surface area (Å²) in [5.74, 6) is 0.0557. The van der Waals surface area contributed by atoms with Crippen molar-refractivity contribution in [3.8, 4) is 0 Å². The smallest absolute Gasteiger partial charge is 0.396 e. The van der Waals surface area contributed by atoms with E-state index in [1.165, 1.54) is 0 Å². The zero-order valence-electron chi connectivity index (χ0n) is 10.3. The van der Waals surface area contributed by atoms with Gasteiger partial charge in [-0.2, -0.15) is 13.2 Å². The van der Waals surface area contributed by atoms with Gasteiger partial charge in [0.25, 0.3) is 0 Å². The molecule has 0 atom stereocenters. The van der Waals surface area contributed by atoms with E-state index in [1.807, 2.05) is 13.8 Å². The predicted octanol–water partition coefficient (Wildman–Crippen LogP) is 1.97. The van der Waals surface area contributed by atoms with Crippen molar-refractivity contribution >= 4 is 0 Å². The maximum atomic E-state index is 11.8. The topological polar surface area (TPSA) is 49.7 Å².